The van der Waals surface area contributed by atoms with E-state index >= 15 is 0 Å². The SMILES string of the molecule is COc1cc(OC)cc(C(CC(=O)N2CCc3ccccc3C2)c2cn(Cc3ccccc3)c3ccccc23)c1. The van der Waals surface area contributed by atoms with Crippen molar-refractivity contribution in [3.63, 3.8) is 0 Å². The molecule has 0 N–H and O–H groups in total. The standard InChI is InChI=1S/C35H34N2O3/c1-39-29-18-28(19-30(20-29)40-2)32(21-35(38)36-17-16-26-12-6-7-13-27(26)23-36)33-24-37(22-25-10-4-3-5-11-25)34-15-9-8-14-31(33)34/h3-15,18-20,24,32H,16-17,21-23H2,1-2H3. The van der Waals surface area contributed by atoms with E-state index in [2.05, 4.69) is 83.6 Å². The number of aromatic nitrogens is 1. The highest BCUT2D eigenvalue weighted by molar-refractivity contribution is 5.87. The fraction of sp³-hybridized carbons (Fsp3) is 0.229. The van der Waals surface area contributed by atoms with Gasteiger partial charge in [0, 0.05) is 55.1 Å². The van der Waals surface area contributed by atoms with E-state index in [1.807, 2.05) is 29.2 Å². The normalized spacial score (nSPS) is 13.6. The molecular weight excluding hydrogens is 496 g/mol. The van der Waals surface area contributed by atoms with Crippen molar-refractivity contribution in [2.45, 2.75) is 31.8 Å². The molecular formula is C35H34N2O3. The highest BCUT2D eigenvalue weighted by atomic mass is 16.5. The van der Waals surface area contributed by atoms with E-state index in [4.69, 9.17) is 9.47 Å². The number of amides is 1. The summed E-state index contributed by atoms with van der Waals surface area (Å²) in [5, 5.41) is 1.15. The topological polar surface area (TPSA) is 43.7 Å². The summed E-state index contributed by atoms with van der Waals surface area (Å²) in [6.45, 7) is 2.14. The van der Waals surface area contributed by atoms with Crippen LogP contribution in [0.4, 0.5) is 0 Å². The van der Waals surface area contributed by atoms with Crippen molar-refractivity contribution < 1.29 is 14.3 Å². The lowest BCUT2D eigenvalue weighted by Gasteiger charge is -2.30. The van der Waals surface area contributed by atoms with Crippen molar-refractivity contribution >= 4 is 16.8 Å². The Kier molecular flexibility index (Phi) is 7.28. The Morgan fingerprint density at radius 1 is 0.825 bits per heavy atom. The smallest absolute Gasteiger partial charge is 0.223 e. The zero-order chi connectivity index (χ0) is 27.5. The molecule has 1 aromatic heterocycles. The maximum Gasteiger partial charge on any atom is 0.223 e. The number of para-hydroxylation sites is 1. The summed E-state index contributed by atoms with van der Waals surface area (Å²) in [4.78, 5) is 16.0. The summed E-state index contributed by atoms with van der Waals surface area (Å²) in [5.74, 6) is 1.41. The summed E-state index contributed by atoms with van der Waals surface area (Å²) in [6.07, 6.45) is 3.47. The molecule has 1 aliphatic heterocycles. The third-order valence-corrected chi connectivity index (χ3v) is 8.03. The number of carbonyl (C=O) groups excluding carboxylic acids is 1. The average Bonchev–Trinajstić information content (AvgIpc) is 3.37. The van der Waals surface area contributed by atoms with E-state index in [1.54, 1.807) is 14.2 Å². The molecule has 2 heterocycles. The molecule has 0 radical (unpaired) electrons. The molecule has 202 valence electrons. The second kappa shape index (κ2) is 11.3. The Bertz CT molecular complexity index is 1620. The molecule has 4 aromatic carbocycles. The van der Waals surface area contributed by atoms with Crippen molar-refractivity contribution in [3.8, 4) is 11.5 Å². The highest BCUT2D eigenvalue weighted by Crippen LogP contribution is 2.39. The van der Waals surface area contributed by atoms with Crippen LogP contribution in [0.2, 0.25) is 0 Å². The van der Waals surface area contributed by atoms with E-state index < -0.39 is 0 Å². The third kappa shape index (κ3) is 5.20. The molecule has 0 fully saturated rings. The van der Waals surface area contributed by atoms with Crippen LogP contribution in [0.1, 0.15) is 40.2 Å². The van der Waals surface area contributed by atoms with Crippen molar-refractivity contribution in [3.05, 3.63) is 131 Å². The Balaban J connectivity index is 1.42. The van der Waals surface area contributed by atoms with E-state index in [1.165, 1.54) is 16.7 Å². The van der Waals surface area contributed by atoms with Crippen LogP contribution in [0.25, 0.3) is 10.9 Å². The monoisotopic (exact) mass is 530 g/mol. The van der Waals surface area contributed by atoms with Crippen LogP contribution in [0.3, 0.4) is 0 Å². The van der Waals surface area contributed by atoms with Gasteiger partial charge in [0.15, 0.2) is 0 Å². The first-order chi connectivity index (χ1) is 19.6. The Hall–Kier alpha value is -4.51. The maximum atomic E-state index is 14.0. The first-order valence-corrected chi connectivity index (χ1v) is 13.8. The number of benzene rings is 4. The molecule has 1 aliphatic rings. The van der Waals surface area contributed by atoms with Gasteiger partial charge in [0.2, 0.25) is 5.91 Å². The van der Waals surface area contributed by atoms with Crippen LogP contribution in [-0.2, 0) is 24.3 Å². The second-order valence-corrected chi connectivity index (χ2v) is 10.5. The fourth-order valence-electron chi connectivity index (χ4n) is 5.91. The molecule has 1 atom stereocenters. The summed E-state index contributed by atoms with van der Waals surface area (Å²) in [7, 11) is 3.32. The van der Waals surface area contributed by atoms with Crippen molar-refractivity contribution in [2.24, 2.45) is 0 Å². The summed E-state index contributed by atoms with van der Waals surface area (Å²) >= 11 is 0. The number of nitrogens with zero attached hydrogens (tertiary/aromatic N) is 2. The molecule has 0 saturated heterocycles. The Morgan fingerprint density at radius 3 is 2.25 bits per heavy atom. The number of methoxy groups -OCH3 is 2. The third-order valence-electron chi connectivity index (χ3n) is 8.03. The molecule has 0 aliphatic carbocycles. The summed E-state index contributed by atoms with van der Waals surface area (Å²) < 4.78 is 13.6. The average molecular weight is 531 g/mol. The first-order valence-electron chi connectivity index (χ1n) is 13.8. The molecule has 0 bridgehead atoms. The molecule has 5 heteroatoms. The van der Waals surface area contributed by atoms with E-state index in [0.717, 1.165) is 41.5 Å². The minimum absolute atomic E-state index is 0.154. The molecule has 0 spiro atoms. The van der Waals surface area contributed by atoms with Crippen molar-refractivity contribution in [1.29, 1.82) is 0 Å². The van der Waals surface area contributed by atoms with Crippen LogP contribution >= 0.6 is 0 Å². The first kappa shape index (κ1) is 25.8. The van der Waals surface area contributed by atoms with Gasteiger partial charge in [-0.05, 0) is 52.4 Å². The van der Waals surface area contributed by atoms with Crippen molar-refractivity contribution in [1.82, 2.24) is 9.47 Å². The second-order valence-electron chi connectivity index (χ2n) is 10.5. The number of hydrogen-bond acceptors (Lipinski definition) is 3. The number of hydrogen-bond donors (Lipinski definition) is 0. The van der Waals surface area contributed by atoms with E-state index in [9.17, 15) is 4.79 Å². The maximum absolute atomic E-state index is 14.0. The fourth-order valence-corrected chi connectivity index (χ4v) is 5.91. The minimum atomic E-state index is -0.171. The van der Waals surface area contributed by atoms with Gasteiger partial charge in [-0.15, -0.1) is 0 Å². The molecule has 1 amide bonds. The van der Waals surface area contributed by atoms with Gasteiger partial charge in [-0.1, -0.05) is 72.8 Å². The van der Waals surface area contributed by atoms with Gasteiger partial charge >= 0.3 is 0 Å². The van der Waals surface area contributed by atoms with E-state index in [0.29, 0.717) is 24.5 Å². The number of ether oxygens (including phenoxy) is 2. The quantitative estimate of drug-likeness (QED) is 0.221. The van der Waals surface area contributed by atoms with Crippen molar-refractivity contribution in [2.75, 3.05) is 20.8 Å². The minimum Gasteiger partial charge on any atom is -0.497 e. The molecule has 5 aromatic rings. The Morgan fingerprint density at radius 2 is 1.50 bits per heavy atom. The molecule has 1 unspecified atom stereocenters. The van der Waals surface area contributed by atoms with Gasteiger partial charge in [-0.3, -0.25) is 4.79 Å². The predicted octanol–water partition coefficient (Wildman–Crippen LogP) is 6.81. The van der Waals surface area contributed by atoms with Crippen LogP contribution in [0.15, 0.2) is 103 Å². The number of fused-ring (bicyclic) bond motifs is 2. The van der Waals surface area contributed by atoms with Crippen LogP contribution in [0.5, 0.6) is 11.5 Å². The van der Waals surface area contributed by atoms with Crippen LogP contribution < -0.4 is 9.47 Å². The van der Waals surface area contributed by atoms with Crippen LogP contribution in [-0.4, -0.2) is 36.1 Å². The highest BCUT2D eigenvalue weighted by Gasteiger charge is 2.28. The lowest BCUT2D eigenvalue weighted by atomic mass is 9.87. The van der Waals surface area contributed by atoms with Gasteiger partial charge in [-0.2, -0.15) is 0 Å². The van der Waals surface area contributed by atoms with Crippen LogP contribution in [0, 0.1) is 0 Å². The molecule has 5 nitrogen and oxygen atoms in total. The van der Waals surface area contributed by atoms with Gasteiger partial charge in [0.25, 0.3) is 0 Å². The number of carbonyl (C=O) groups is 1. The van der Waals surface area contributed by atoms with Gasteiger partial charge in [-0.25, -0.2) is 0 Å². The van der Waals surface area contributed by atoms with Gasteiger partial charge < -0.3 is 18.9 Å². The molecule has 0 saturated carbocycles. The van der Waals surface area contributed by atoms with E-state index in [-0.39, 0.29) is 11.8 Å². The lowest BCUT2D eigenvalue weighted by Crippen LogP contribution is -2.36. The lowest BCUT2D eigenvalue weighted by molar-refractivity contribution is -0.132. The zero-order valence-corrected chi connectivity index (χ0v) is 23.0. The summed E-state index contributed by atoms with van der Waals surface area (Å²) in [6, 6.07) is 33.4. The Labute approximate surface area is 235 Å². The largest absolute Gasteiger partial charge is 0.497 e. The predicted molar refractivity (Wildman–Crippen MR) is 159 cm³/mol. The molecule has 40 heavy (non-hydrogen) atoms. The van der Waals surface area contributed by atoms with Gasteiger partial charge in [0.1, 0.15) is 11.5 Å². The zero-order valence-electron chi connectivity index (χ0n) is 23.0. The molecule has 6 rings (SSSR count). The van der Waals surface area contributed by atoms with Gasteiger partial charge in [0.05, 0.1) is 14.2 Å². The number of rotatable bonds is 8. The summed E-state index contributed by atoms with van der Waals surface area (Å²) in [5.41, 5.74) is 7.10.